The molecule has 18 rings (SSSR count). The summed E-state index contributed by atoms with van der Waals surface area (Å²) in [6.07, 6.45) is 0. The van der Waals surface area contributed by atoms with E-state index in [1.54, 1.807) is 0 Å². The summed E-state index contributed by atoms with van der Waals surface area (Å²) in [5, 5.41) is 19.6. The van der Waals surface area contributed by atoms with Gasteiger partial charge >= 0.3 is 0 Å². The number of hydrogen-bond acceptors (Lipinski definition) is 4. The summed E-state index contributed by atoms with van der Waals surface area (Å²) < 4.78 is 9.73. The third-order valence-electron chi connectivity index (χ3n) is 18.0. The van der Waals surface area contributed by atoms with Crippen LogP contribution in [0, 0.1) is 11.3 Å². The minimum Gasteiger partial charge on any atom is -0.309 e. The van der Waals surface area contributed by atoms with Crippen molar-refractivity contribution in [1.82, 2.24) is 33.2 Å². The highest BCUT2D eigenvalue weighted by Crippen LogP contribution is 2.47. The molecule has 8 nitrogen and oxygen atoms in total. The Balaban J connectivity index is 0.962. The Kier molecular flexibility index (Phi) is 11.5. The summed E-state index contributed by atoms with van der Waals surface area (Å²) in [6, 6.07) is 110. The Morgan fingerprint density at radius 1 is 0.256 bits per heavy atom. The molecule has 8 heteroatoms. The summed E-state index contributed by atoms with van der Waals surface area (Å²) in [6.45, 7) is 0. The minimum atomic E-state index is 0.525. The maximum atomic E-state index is 10.3. The van der Waals surface area contributed by atoms with E-state index < -0.39 is 0 Å². The number of hydrogen-bond donors (Lipinski definition) is 0. The van der Waals surface area contributed by atoms with Crippen LogP contribution in [0.25, 0.3) is 166 Å². The van der Waals surface area contributed by atoms with E-state index in [4.69, 9.17) is 15.0 Å². The van der Waals surface area contributed by atoms with E-state index >= 15 is 0 Å². The molecule has 0 unspecified atom stereocenters. The van der Waals surface area contributed by atoms with Gasteiger partial charge in [-0.25, -0.2) is 15.0 Å². The van der Waals surface area contributed by atoms with Gasteiger partial charge < -0.3 is 18.3 Å². The van der Waals surface area contributed by atoms with Gasteiger partial charge in [0, 0.05) is 76.7 Å². The summed E-state index contributed by atoms with van der Waals surface area (Å²) >= 11 is 0. The van der Waals surface area contributed by atoms with Crippen LogP contribution in [0.2, 0.25) is 0 Å². The van der Waals surface area contributed by atoms with Crippen molar-refractivity contribution in [2.24, 2.45) is 0 Å². The van der Waals surface area contributed by atoms with Gasteiger partial charge in [-0.1, -0.05) is 206 Å². The molecule has 5 heterocycles. The van der Waals surface area contributed by atoms with Crippen molar-refractivity contribution in [2.45, 2.75) is 0 Å². The number of para-hydroxylation sites is 6. The van der Waals surface area contributed by atoms with Gasteiger partial charge in [0.1, 0.15) is 0 Å². The van der Waals surface area contributed by atoms with Crippen molar-refractivity contribution in [3.05, 3.63) is 309 Å². The zero-order chi connectivity index (χ0) is 59.4. The van der Waals surface area contributed by atoms with E-state index in [0.717, 1.165) is 127 Å². The molecule has 0 spiro atoms. The molecule has 0 aliphatic carbocycles. The molecule has 418 valence electrons. The van der Waals surface area contributed by atoms with Gasteiger partial charge in [0.15, 0.2) is 17.5 Å². The third-order valence-corrected chi connectivity index (χ3v) is 18.0. The first-order chi connectivity index (χ1) is 44.6. The fraction of sp³-hybridized carbons (Fsp3) is 0. The van der Waals surface area contributed by atoms with Crippen molar-refractivity contribution in [2.75, 3.05) is 0 Å². The van der Waals surface area contributed by atoms with Gasteiger partial charge in [-0.15, -0.1) is 0 Å². The normalized spacial score (nSPS) is 11.8. The molecular weight excluding hydrogens is 1100 g/mol. The van der Waals surface area contributed by atoms with Crippen molar-refractivity contribution < 1.29 is 0 Å². The average molecular weight is 1150 g/mol. The lowest BCUT2D eigenvalue weighted by atomic mass is 9.94. The summed E-state index contributed by atoms with van der Waals surface area (Å²) in [4.78, 5) is 16.3. The van der Waals surface area contributed by atoms with Crippen LogP contribution in [0.15, 0.2) is 303 Å². The first-order valence-electron chi connectivity index (χ1n) is 30.3. The van der Waals surface area contributed by atoms with Gasteiger partial charge in [0.05, 0.1) is 67.1 Å². The molecule has 18 aromatic rings. The largest absolute Gasteiger partial charge is 0.309 e. The van der Waals surface area contributed by atoms with E-state index in [9.17, 15) is 5.26 Å². The molecule has 90 heavy (non-hydrogen) atoms. The fourth-order valence-corrected chi connectivity index (χ4v) is 14.1. The SMILES string of the molecule is N#Cc1cccc(-c2ccc(-n3c4ccccc4c4c3ccc3c5ccccc5n(-c5ccccc5)c34)c(-c3ccc(-n4c5ccccc5c5c4ccc4c6ccccc6n(-c6ccccc6)c45)c(-c4nc(-c5ccccc5)nc(-c5ccccc5)n4)c3)c2)c1. The number of aromatic nitrogens is 7. The molecule has 0 atom stereocenters. The smallest absolute Gasteiger partial charge is 0.166 e. The zero-order valence-corrected chi connectivity index (χ0v) is 48.4. The minimum absolute atomic E-state index is 0.525. The van der Waals surface area contributed by atoms with E-state index in [-0.39, 0.29) is 0 Å². The van der Waals surface area contributed by atoms with E-state index in [1.807, 2.05) is 54.6 Å². The van der Waals surface area contributed by atoms with Crippen molar-refractivity contribution in [3.8, 4) is 85.2 Å². The van der Waals surface area contributed by atoms with Gasteiger partial charge in [-0.2, -0.15) is 5.26 Å². The lowest BCUT2D eigenvalue weighted by Crippen LogP contribution is -2.04. The van der Waals surface area contributed by atoms with Gasteiger partial charge in [-0.05, 0) is 114 Å². The monoisotopic (exact) mass is 1150 g/mol. The van der Waals surface area contributed by atoms with E-state index in [0.29, 0.717) is 23.0 Å². The summed E-state index contributed by atoms with van der Waals surface area (Å²) in [5.41, 5.74) is 19.9. The van der Waals surface area contributed by atoms with Crippen LogP contribution < -0.4 is 0 Å². The standard InChI is InChI=1S/C82H50N8/c83-51-52-22-21-27-55(48-52)56-40-44-72(89-70-38-19-15-34-64(70)76-74(89)46-42-62-60-32-13-17-36-68(60)87(78(62)76)58-28-9-3-10-29-58)66(49-56)57-41-45-73(67(50-57)82-85-80(53-23-5-1-6-24-53)84-81(86-82)54-25-7-2-8-26-54)90-71-39-20-16-35-65(71)77-75(90)47-43-63-61-33-14-18-37-69(61)88(79(63)77)59-30-11-4-12-31-59/h1-50H. The Morgan fingerprint density at radius 3 is 1.14 bits per heavy atom. The number of rotatable bonds is 9. The first-order valence-corrected chi connectivity index (χ1v) is 30.3. The van der Waals surface area contributed by atoms with Crippen LogP contribution in [0.3, 0.4) is 0 Å². The highest BCUT2D eigenvalue weighted by molar-refractivity contribution is 6.28. The number of fused-ring (bicyclic) bond motifs is 14. The molecule has 13 aromatic carbocycles. The van der Waals surface area contributed by atoms with E-state index in [1.165, 1.54) is 21.5 Å². The van der Waals surface area contributed by atoms with Gasteiger partial charge in [0.25, 0.3) is 0 Å². The zero-order valence-electron chi connectivity index (χ0n) is 48.4. The Morgan fingerprint density at radius 2 is 0.644 bits per heavy atom. The summed E-state index contributed by atoms with van der Waals surface area (Å²) in [7, 11) is 0. The Hall–Kier alpha value is -12.4. The molecule has 0 aliphatic rings. The molecule has 0 aliphatic heterocycles. The average Bonchev–Trinajstić information content (AvgIpc) is 1.56. The maximum Gasteiger partial charge on any atom is 0.166 e. The van der Waals surface area contributed by atoms with Gasteiger partial charge in [-0.3, -0.25) is 0 Å². The first kappa shape index (κ1) is 50.8. The lowest BCUT2D eigenvalue weighted by molar-refractivity contribution is 1.06. The van der Waals surface area contributed by atoms with Crippen molar-refractivity contribution in [3.63, 3.8) is 0 Å². The van der Waals surface area contributed by atoms with Gasteiger partial charge in [0.2, 0.25) is 0 Å². The second-order valence-electron chi connectivity index (χ2n) is 23.0. The maximum absolute atomic E-state index is 10.3. The van der Waals surface area contributed by atoms with E-state index in [2.05, 4.69) is 273 Å². The Bertz CT molecular complexity index is 5910. The van der Waals surface area contributed by atoms with Crippen molar-refractivity contribution in [1.29, 1.82) is 5.26 Å². The molecule has 0 N–H and O–H groups in total. The Labute approximate surface area is 516 Å². The predicted molar refractivity (Wildman–Crippen MR) is 369 cm³/mol. The summed E-state index contributed by atoms with van der Waals surface area (Å²) in [5.74, 6) is 1.66. The number of nitriles is 1. The van der Waals surface area contributed by atoms with Crippen LogP contribution in [-0.4, -0.2) is 33.2 Å². The molecule has 0 amide bonds. The fourth-order valence-electron chi connectivity index (χ4n) is 14.1. The predicted octanol–water partition coefficient (Wildman–Crippen LogP) is 20.5. The molecule has 0 fully saturated rings. The molecular formula is C82H50N8. The number of benzene rings is 13. The molecule has 0 saturated heterocycles. The quantitative estimate of drug-likeness (QED) is 0.144. The van der Waals surface area contributed by atoms with Crippen LogP contribution in [-0.2, 0) is 0 Å². The number of nitrogens with zero attached hydrogens (tertiary/aromatic N) is 8. The molecule has 0 radical (unpaired) electrons. The van der Waals surface area contributed by atoms with Crippen LogP contribution >= 0.6 is 0 Å². The molecule has 5 aromatic heterocycles. The molecule has 0 bridgehead atoms. The highest BCUT2D eigenvalue weighted by atomic mass is 15.1. The van der Waals surface area contributed by atoms with Crippen LogP contribution in [0.4, 0.5) is 0 Å². The topological polar surface area (TPSA) is 82.2 Å². The highest BCUT2D eigenvalue weighted by Gasteiger charge is 2.27. The van der Waals surface area contributed by atoms with Crippen molar-refractivity contribution >= 4 is 87.2 Å². The van der Waals surface area contributed by atoms with Crippen LogP contribution in [0.5, 0.6) is 0 Å². The second kappa shape index (κ2) is 20.3. The second-order valence-corrected chi connectivity index (χ2v) is 23.0. The molecule has 0 saturated carbocycles. The lowest BCUT2D eigenvalue weighted by Gasteiger charge is -2.19. The third kappa shape index (κ3) is 7.83. The van der Waals surface area contributed by atoms with Crippen LogP contribution in [0.1, 0.15) is 5.56 Å².